The summed E-state index contributed by atoms with van der Waals surface area (Å²) >= 11 is 0. The molecule has 8 aromatic carbocycles. The van der Waals surface area contributed by atoms with E-state index in [0.29, 0.717) is 0 Å². The van der Waals surface area contributed by atoms with Crippen molar-refractivity contribution in [3.05, 3.63) is 187 Å². The SMILES string of the molecule is CC1(C)c2ccccc2-c2ccc(N(c3ccccc3)c3cccc4ccc5c(c34)-c3ccccc3-c3ccc(-c4ccccc4)cc3O5)cc21. The molecule has 0 N–H and O–H groups in total. The zero-order valence-electron chi connectivity index (χ0n) is 28.6. The van der Waals surface area contributed by atoms with Gasteiger partial charge in [-0.05, 0) is 98.4 Å². The fourth-order valence-corrected chi connectivity index (χ4v) is 8.41. The highest BCUT2D eigenvalue weighted by Gasteiger charge is 2.36. The Morgan fingerprint density at radius 2 is 1.12 bits per heavy atom. The molecule has 1 aliphatic heterocycles. The second-order valence-electron chi connectivity index (χ2n) is 14.1. The number of hydrogen-bond acceptors (Lipinski definition) is 2. The minimum Gasteiger partial charge on any atom is -0.456 e. The maximum absolute atomic E-state index is 7.01. The molecule has 1 heterocycles. The van der Waals surface area contributed by atoms with Crippen LogP contribution in [0.15, 0.2) is 176 Å². The summed E-state index contributed by atoms with van der Waals surface area (Å²) in [6, 6.07) is 63.5. The van der Waals surface area contributed by atoms with E-state index in [1.807, 2.05) is 0 Å². The third-order valence-corrected chi connectivity index (χ3v) is 10.9. The normalized spacial score (nSPS) is 13.2. The zero-order chi connectivity index (χ0) is 34.1. The minimum atomic E-state index is -0.114. The van der Waals surface area contributed by atoms with E-state index >= 15 is 0 Å². The van der Waals surface area contributed by atoms with Gasteiger partial charge >= 0.3 is 0 Å². The molecular formula is C49H35NO. The van der Waals surface area contributed by atoms with Gasteiger partial charge in [0.25, 0.3) is 0 Å². The van der Waals surface area contributed by atoms with Gasteiger partial charge in [0, 0.05) is 33.3 Å². The molecule has 0 bridgehead atoms. The molecule has 10 rings (SSSR count). The number of para-hydroxylation sites is 1. The molecule has 2 heteroatoms. The summed E-state index contributed by atoms with van der Waals surface area (Å²) < 4.78 is 7.01. The molecule has 0 saturated carbocycles. The van der Waals surface area contributed by atoms with Gasteiger partial charge in [0.2, 0.25) is 0 Å². The Labute approximate surface area is 298 Å². The average Bonchev–Trinajstić information content (AvgIpc) is 3.31. The third kappa shape index (κ3) is 4.57. The first-order valence-corrected chi connectivity index (χ1v) is 17.7. The molecule has 0 spiro atoms. The van der Waals surface area contributed by atoms with E-state index in [1.165, 1.54) is 27.8 Å². The molecule has 0 amide bonds. The van der Waals surface area contributed by atoms with Crippen molar-refractivity contribution >= 4 is 27.8 Å². The number of nitrogens with zero attached hydrogens (tertiary/aromatic N) is 1. The van der Waals surface area contributed by atoms with Gasteiger partial charge in [0.1, 0.15) is 11.5 Å². The van der Waals surface area contributed by atoms with Gasteiger partial charge in [0.15, 0.2) is 0 Å². The van der Waals surface area contributed by atoms with E-state index < -0.39 is 0 Å². The fraction of sp³-hybridized carbons (Fsp3) is 0.0612. The predicted octanol–water partition coefficient (Wildman–Crippen LogP) is 13.7. The molecule has 0 saturated heterocycles. The summed E-state index contributed by atoms with van der Waals surface area (Å²) in [7, 11) is 0. The number of anilines is 3. The van der Waals surface area contributed by atoms with E-state index in [9.17, 15) is 0 Å². The molecule has 1 aliphatic carbocycles. The summed E-state index contributed by atoms with van der Waals surface area (Å²) in [5.74, 6) is 1.71. The minimum absolute atomic E-state index is 0.114. The highest BCUT2D eigenvalue weighted by Crippen LogP contribution is 2.54. The second-order valence-corrected chi connectivity index (χ2v) is 14.1. The van der Waals surface area contributed by atoms with Crippen molar-refractivity contribution in [3.63, 3.8) is 0 Å². The lowest BCUT2D eigenvalue weighted by Crippen LogP contribution is -2.16. The van der Waals surface area contributed by atoms with Gasteiger partial charge < -0.3 is 9.64 Å². The summed E-state index contributed by atoms with van der Waals surface area (Å²) in [4.78, 5) is 2.43. The van der Waals surface area contributed by atoms with Gasteiger partial charge in [-0.1, -0.05) is 141 Å². The number of ether oxygens (including phenoxy) is 1. The lowest BCUT2D eigenvalue weighted by Gasteiger charge is -2.30. The van der Waals surface area contributed by atoms with Gasteiger partial charge in [0.05, 0.1) is 5.69 Å². The Morgan fingerprint density at radius 3 is 1.94 bits per heavy atom. The maximum atomic E-state index is 7.01. The second kappa shape index (κ2) is 11.3. The lowest BCUT2D eigenvalue weighted by atomic mass is 9.82. The Morgan fingerprint density at radius 1 is 0.431 bits per heavy atom. The van der Waals surface area contributed by atoms with Crippen LogP contribution >= 0.6 is 0 Å². The lowest BCUT2D eigenvalue weighted by molar-refractivity contribution is 0.488. The van der Waals surface area contributed by atoms with Crippen LogP contribution in [0.1, 0.15) is 25.0 Å². The predicted molar refractivity (Wildman–Crippen MR) is 213 cm³/mol. The van der Waals surface area contributed by atoms with Crippen LogP contribution in [0.25, 0.3) is 55.3 Å². The molecule has 0 atom stereocenters. The molecule has 2 aliphatic rings. The summed E-state index contributed by atoms with van der Waals surface area (Å²) in [5.41, 5.74) is 15.4. The Bertz CT molecular complexity index is 2640. The molecule has 51 heavy (non-hydrogen) atoms. The largest absolute Gasteiger partial charge is 0.456 e. The van der Waals surface area contributed by atoms with Gasteiger partial charge in [-0.2, -0.15) is 0 Å². The molecule has 0 aromatic heterocycles. The van der Waals surface area contributed by atoms with Crippen molar-refractivity contribution in [1.82, 2.24) is 0 Å². The first kappa shape index (κ1) is 29.5. The van der Waals surface area contributed by atoms with Crippen molar-refractivity contribution < 1.29 is 4.74 Å². The number of fused-ring (bicyclic) bond motifs is 10. The molecular weight excluding hydrogens is 619 g/mol. The van der Waals surface area contributed by atoms with Crippen LogP contribution in [-0.2, 0) is 5.41 Å². The molecule has 0 unspecified atom stereocenters. The quantitative estimate of drug-likeness (QED) is 0.187. The summed E-state index contributed by atoms with van der Waals surface area (Å²) in [6.45, 7) is 4.70. The van der Waals surface area contributed by atoms with E-state index in [4.69, 9.17) is 4.74 Å². The van der Waals surface area contributed by atoms with Gasteiger partial charge in [-0.15, -0.1) is 0 Å². The van der Waals surface area contributed by atoms with Crippen molar-refractivity contribution in [1.29, 1.82) is 0 Å². The van der Waals surface area contributed by atoms with Crippen molar-refractivity contribution in [3.8, 4) is 56.0 Å². The van der Waals surface area contributed by atoms with Crippen LogP contribution < -0.4 is 9.64 Å². The van der Waals surface area contributed by atoms with Crippen molar-refractivity contribution in [2.24, 2.45) is 0 Å². The van der Waals surface area contributed by atoms with Crippen LogP contribution in [0.4, 0.5) is 17.1 Å². The van der Waals surface area contributed by atoms with Crippen molar-refractivity contribution in [2.75, 3.05) is 4.90 Å². The van der Waals surface area contributed by atoms with Crippen molar-refractivity contribution in [2.45, 2.75) is 19.3 Å². The molecule has 0 fully saturated rings. The van der Waals surface area contributed by atoms with E-state index in [1.54, 1.807) is 0 Å². The molecule has 242 valence electrons. The van der Waals surface area contributed by atoms with Crippen LogP contribution in [0, 0.1) is 0 Å². The average molecular weight is 654 g/mol. The van der Waals surface area contributed by atoms with Crippen LogP contribution in [0.5, 0.6) is 11.5 Å². The van der Waals surface area contributed by atoms with E-state index in [2.05, 4.69) is 195 Å². The maximum Gasteiger partial charge on any atom is 0.136 e. The van der Waals surface area contributed by atoms with Crippen LogP contribution in [0.3, 0.4) is 0 Å². The van der Waals surface area contributed by atoms with E-state index in [-0.39, 0.29) is 5.41 Å². The smallest absolute Gasteiger partial charge is 0.136 e. The Hall–Kier alpha value is -6.38. The van der Waals surface area contributed by atoms with Crippen LogP contribution in [0.2, 0.25) is 0 Å². The third-order valence-electron chi connectivity index (χ3n) is 10.9. The standard InChI is InChI=1S/C49H35NO/c1-49(2)42-22-12-11-20-38(42)39-28-26-36(31-43(39)49)50(35-17-7-4-8-18-35)44-23-13-16-33-25-29-45-48(47(33)44)41-21-10-9-19-37(41)40-27-24-34(30-46(40)51-45)32-14-5-3-6-15-32/h3-31H,1-2H3. The topological polar surface area (TPSA) is 12.5 Å². The van der Waals surface area contributed by atoms with Gasteiger partial charge in [-0.3, -0.25) is 0 Å². The molecule has 0 radical (unpaired) electrons. The monoisotopic (exact) mass is 653 g/mol. The van der Waals surface area contributed by atoms with Gasteiger partial charge in [-0.25, -0.2) is 0 Å². The zero-order valence-corrected chi connectivity index (χ0v) is 28.6. The Kier molecular flexibility index (Phi) is 6.56. The summed E-state index contributed by atoms with van der Waals surface area (Å²) in [5, 5.41) is 2.32. The first-order valence-electron chi connectivity index (χ1n) is 17.7. The fourth-order valence-electron chi connectivity index (χ4n) is 8.41. The highest BCUT2D eigenvalue weighted by atomic mass is 16.5. The Balaban J connectivity index is 1.22. The molecule has 8 aromatic rings. The number of benzene rings is 8. The molecule has 2 nitrogen and oxygen atoms in total. The first-order chi connectivity index (χ1) is 25.1. The number of hydrogen-bond donors (Lipinski definition) is 0. The summed E-state index contributed by atoms with van der Waals surface area (Å²) in [6.07, 6.45) is 0. The van der Waals surface area contributed by atoms with E-state index in [0.717, 1.165) is 67.2 Å². The van der Waals surface area contributed by atoms with Crippen LogP contribution in [-0.4, -0.2) is 0 Å². The number of rotatable bonds is 4. The highest BCUT2D eigenvalue weighted by molar-refractivity contribution is 6.12.